The van der Waals surface area contributed by atoms with E-state index in [1.165, 1.54) is 0 Å². The van der Waals surface area contributed by atoms with Gasteiger partial charge in [0.1, 0.15) is 0 Å². The highest BCUT2D eigenvalue weighted by molar-refractivity contribution is 5.72. The van der Waals surface area contributed by atoms with E-state index >= 15 is 0 Å². The molecule has 15 heavy (non-hydrogen) atoms. The van der Waals surface area contributed by atoms with Gasteiger partial charge in [-0.25, -0.2) is 0 Å². The average molecular weight is 213 g/mol. The summed E-state index contributed by atoms with van der Waals surface area (Å²) in [5.74, 6) is -0.0160. The van der Waals surface area contributed by atoms with Gasteiger partial charge in [-0.05, 0) is 19.4 Å². The van der Waals surface area contributed by atoms with Crippen LogP contribution in [0.15, 0.2) is 0 Å². The zero-order valence-electron chi connectivity index (χ0n) is 9.00. The Morgan fingerprint density at radius 3 is 2.67 bits per heavy atom. The van der Waals surface area contributed by atoms with Crippen LogP contribution in [0.25, 0.3) is 0 Å². The Bertz CT molecular complexity index is 211. The van der Waals surface area contributed by atoms with Gasteiger partial charge in [-0.3, -0.25) is 4.79 Å². The van der Waals surface area contributed by atoms with E-state index in [1.54, 1.807) is 5.06 Å². The van der Waals surface area contributed by atoms with Crippen LogP contribution in [0.2, 0.25) is 0 Å². The summed E-state index contributed by atoms with van der Waals surface area (Å²) in [6.07, 6.45) is 2.03. The van der Waals surface area contributed by atoms with Crippen molar-refractivity contribution in [2.24, 2.45) is 5.92 Å². The first-order valence-electron chi connectivity index (χ1n) is 5.74. The SMILES string of the molecule is O=C(ON1CCNCC1)C1CCCNC1. The number of nitrogens with zero attached hydrogens (tertiary/aromatic N) is 1. The first-order valence-corrected chi connectivity index (χ1v) is 5.74. The lowest BCUT2D eigenvalue weighted by molar-refractivity contribution is -0.198. The second-order valence-corrected chi connectivity index (χ2v) is 4.13. The highest BCUT2D eigenvalue weighted by Gasteiger charge is 2.25. The molecule has 2 heterocycles. The van der Waals surface area contributed by atoms with Crippen LogP contribution in [-0.2, 0) is 9.63 Å². The molecule has 0 aromatic rings. The third-order valence-electron chi connectivity index (χ3n) is 2.93. The minimum atomic E-state index is -0.0656. The Kier molecular flexibility index (Phi) is 3.94. The quantitative estimate of drug-likeness (QED) is 0.638. The molecular formula is C10H19N3O2. The molecule has 2 aliphatic heterocycles. The number of carbonyl (C=O) groups excluding carboxylic acids is 1. The van der Waals surface area contributed by atoms with Gasteiger partial charge in [-0.15, -0.1) is 5.06 Å². The van der Waals surface area contributed by atoms with Crippen LogP contribution >= 0.6 is 0 Å². The van der Waals surface area contributed by atoms with Crippen molar-refractivity contribution in [1.29, 1.82) is 0 Å². The van der Waals surface area contributed by atoms with Crippen LogP contribution in [0, 0.1) is 5.92 Å². The molecule has 2 aliphatic rings. The first-order chi connectivity index (χ1) is 7.36. The third kappa shape index (κ3) is 3.15. The molecule has 0 radical (unpaired) electrons. The van der Waals surface area contributed by atoms with E-state index in [9.17, 15) is 4.79 Å². The Morgan fingerprint density at radius 2 is 2.00 bits per heavy atom. The molecule has 86 valence electrons. The van der Waals surface area contributed by atoms with Gasteiger partial charge in [0, 0.05) is 32.7 Å². The fourth-order valence-corrected chi connectivity index (χ4v) is 1.99. The second-order valence-electron chi connectivity index (χ2n) is 4.13. The van der Waals surface area contributed by atoms with Gasteiger partial charge >= 0.3 is 5.97 Å². The summed E-state index contributed by atoms with van der Waals surface area (Å²) in [5, 5.41) is 8.21. The van der Waals surface area contributed by atoms with Gasteiger partial charge in [-0.1, -0.05) is 0 Å². The number of piperidine rings is 1. The van der Waals surface area contributed by atoms with Crippen molar-refractivity contribution >= 4 is 5.97 Å². The number of rotatable bonds is 2. The van der Waals surface area contributed by atoms with E-state index in [4.69, 9.17) is 4.84 Å². The van der Waals surface area contributed by atoms with E-state index in [-0.39, 0.29) is 11.9 Å². The Morgan fingerprint density at radius 1 is 1.20 bits per heavy atom. The summed E-state index contributed by atoms with van der Waals surface area (Å²) in [4.78, 5) is 17.1. The topological polar surface area (TPSA) is 53.6 Å². The highest BCUT2D eigenvalue weighted by atomic mass is 16.7. The summed E-state index contributed by atoms with van der Waals surface area (Å²) >= 11 is 0. The molecule has 1 atom stereocenters. The summed E-state index contributed by atoms with van der Waals surface area (Å²) in [6.45, 7) is 5.19. The fourth-order valence-electron chi connectivity index (χ4n) is 1.99. The van der Waals surface area contributed by atoms with Gasteiger partial charge < -0.3 is 15.5 Å². The number of hydrogen-bond acceptors (Lipinski definition) is 5. The van der Waals surface area contributed by atoms with Crippen molar-refractivity contribution in [3.05, 3.63) is 0 Å². The summed E-state index contributed by atoms with van der Waals surface area (Å²) in [6, 6.07) is 0. The zero-order chi connectivity index (χ0) is 10.5. The van der Waals surface area contributed by atoms with Crippen LogP contribution in [0.5, 0.6) is 0 Å². The van der Waals surface area contributed by atoms with Crippen molar-refractivity contribution < 1.29 is 9.63 Å². The predicted molar refractivity (Wildman–Crippen MR) is 56.1 cm³/mol. The molecule has 0 saturated carbocycles. The molecule has 2 rings (SSSR count). The van der Waals surface area contributed by atoms with Gasteiger partial charge in [0.25, 0.3) is 0 Å². The standard InChI is InChI=1S/C10H19N3O2/c14-10(9-2-1-3-12-8-9)15-13-6-4-11-5-7-13/h9,11-12H,1-8H2. The molecule has 2 N–H and O–H groups in total. The molecule has 5 nitrogen and oxygen atoms in total. The number of hydrogen-bond donors (Lipinski definition) is 2. The monoisotopic (exact) mass is 213 g/mol. The summed E-state index contributed by atoms with van der Waals surface area (Å²) in [5.41, 5.74) is 0. The molecule has 0 amide bonds. The lowest BCUT2D eigenvalue weighted by atomic mass is 10.0. The van der Waals surface area contributed by atoms with Crippen molar-refractivity contribution in [3.63, 3.8) is 0 Å². The van der Waals surface area contributed by atoms with Crippen molar-refractivity contribution in [2.75, 3.05) is 39.3 Å². The molecule has 5 heteroatoms. The summed E-state index contributed by atoms with van der Waals surface area (Å²) < 4.78 is 0. The molecule has 0 aliphatic carbocycles. The van der Waals surface area contributed by atoms with Crippen molar-refractivity contribution in [3.8, 4) is 0 Å². The maximum Gasteiger partial charge on any atom is 0.329 e. The van der Waals surface area contributed by atoms with Gasteiger partial charge in [0.2, 0.25) is 0 Å². The van der Waals surface area contributed by atoms with Crippen LogP contribution in [0.1, 0.15) is 12.8 Å². The number of carbonyl (C=O) groups is 1. The Hall–Kier alpha value is -0.650. The average Bonchev–Trinajstić information content (AvgIpc) is 2.31. The fraction of sp³-hybridized carbons (Fsp3) is 0.900. The lowest BCUT2D eigenvalue weighted by Crippen LogP contribution is -2.46. The lowest BCUT2D eigenvalue weighted by Gasteiger charge is -2.28. The van der Waals surface area contributed by atoms with E-state index < -0.39 is 0 Å². The van der Waals surface area contributed by atoms with Crippen LogP contribution < -0.4 is 10.6 Å². The molecular weight excluding hydrogens is 194 g/mol. The first kappa shape index (κ1) is 10.9. The largest absolute Gasteiger partial charge is 0.367 e. The Balaban J connectivity index is 1.74. The van der Waals surface area contributed by atoms with Crippen LogP contribution in [-0.4, -0.2) is 50.3 Å². The zero-order valence-corrected chi connectivity index (χ0v) is 9.00. The normalized spacial score (nSPS) is 28.7. The van der Waals surface area contributed by atoms with E-state index in [0.717, 1.165) is 52.1 Å². The molecule has 2 fully saturated rings. The van der Waals surface area contributed by atoms with E-state index in [0.29, 0.717) is 0 Å². The van der Waals surface area contributed by atoms with E-state index in [2.05, 4.69) is 10.6 Å². The highest BCUT2D eigenvalue weighted by Crippen LogP contribution is 2.12. The maximum atomic E-state index is 11.7. The minimum absolute atomic E-state index is 0.0497. The second kappa shape index (κ2) is 5.44. The number of hydroxylamine groups is 2. The molecule has 0 spiro atoms. The van der Waals surface area contributed by atoms with Crippen LogP contribution in [0.4, 0.5) is 0 Å². The van der Waals surface area contributed by atoms with Gasteiger partial charge in [0.05, 0.1) is 5.92 Å². The van der Waals surface area contributed by atoms with Crippen LogP contribution in [0.3, 0.4) is 0 Å². The molecule has 0 bridgehead atoms. The van der Waals surface area contributed by atoms with Gasteiger partial charge in [0.15, 0.2) is 0 Å². The van der Waals surface area contributed by atoms with Gasteiger partial charge in [-0.2, -0.15) is 0 Å². The molecule has 1 unspecified atom stereocenters. The van der Waals surface area contributed by atoms with E-state index in [1.807, 2.05) is 0 Å². The Labute approximate surface area is 90.1 Å². The molecule has 2 saturated heterocycles. The molecule has 0 aromatic heterocycles. The third-order valence-corrected chi connectivity index (χ3v) is 2.93. The summed E-state index contributed by atoms with van der Waals surface area (Å²) in [7, 11) is 0. The molecule has 0 aromatic carbocycles. The number of nitrogens with one attached hydrogen (secondary N) is 2. The number of piperazine rings is 1. The van der Waals surface area contributed by atoms with Crippen molar-refractivity contribution in [1.82, 2.24) is 15.7 Å². The smallest absolute Gasteiger partial charge is 0.329 e. The minimum Gasteiger partial charge on any atom is -0.367 e. The predicted octanol–water partition coefficient (Wildman–Crippen LogP) is -0.651. The maximum absolute atomic E-state index is 11.7. The van der Waals surface area contributed by atoms with Crippen molar-refractivity contribution in [2.45, 2.75) is 12.8 Å².